The van der Waals surface area contributed by atoms with E-state index in [4.69, 9.17) is 21.1 Å². The number of hydrogen-bond donors (Lipinski definition) is 1. The highest BCUT2D eigenvalue weighted by Gasteiger charge is 2.29. The molecular weight excluding hydrogens is 464 g/mol. The third kappa shape index (κ3) is 5.58. The number of halogens is 1. The SMILES string of the molecule is COc1ccc(OC)c(S(=O)(=O)N(C)c2ccc(Cl)cc2C(=O)NCCc2ccccc2)c1. The quantitative estimate of drug-likeness (QED) is 0.489. The predicted octanol–water partition coefficient (Wildman–Crippen LogP) is 4.15. The van der Waals surface area contributed by atoms with Crippen molar-refractivity contribution in [1.82, 2.24) is 5.32 Å². The summed E-state index contributed by atoms with van der Waals surface area (Å²) in [5.74, 6) is 0.0892. The summed E-state index contributed by atoms with van der Waals surface area (Å²) in [4.78, 5) is 12.9. The van der Waals surface area contributed by atoms with E-state index >= 15 is 0 Å². The van der Waals surface area contributed by atoms with Crippen molar-refractivity contribution in [1.29, 1.82) is 0 Å². The van der Waals surface area contributed by atoms with Gasteiger partial charge in [-0.2, -0.15) is 0 Å². The van der Waals surface area contributed by atoms with Crippen LogP contribution in [0.15, 0.2) is 71.6 Å². The van der Waals surface area contributed by atoms with Crippen molar-refractivity contribution in [2.75, 3.05) is 32.1 Å². The number of amides is 1. The Bertz CT molecular complexity index is 1230. The van der Waals surface area contributed by atoms with E-state index in [1.165, 1.54) is 51.6 Å². The van der Waals surface area contributed by atoms with E-state index in [0.29, 0.717) is 23.7 Å². The summed E-state index contributed by atoms with van der Waals surface area (Å²) in [5, 5.41) is 3.15. The van der Waals surface area contributed by atoms with Crippen molar-refractivity contribution >= 4 is 33.2 Å². The van der Waals surface area contributed by atoms with Crippen LogP contribution >= 0.6 is 11.6 Å². The van der Waals surface area contributed by atoms with Crippen molar-refractivity contribution in [2.45, 2.75) is 11.3 Å². The van der Waals surface area contributed by atoms with Gasteiger partial charge in [-0.3, -0.25) is 9.10 Å². The first-order valence-corrected chi connectivity index (χ1v) is 11.9. The van der Waals surface area contributed by atoms with Crippen molar-refractivity contribution in [3.05, 3.63) is 82.9 Å². The van der Waals surface area contributed by atoms with E-state index in [9.17, 15) is 13.2 Å². The van der Waals surface area contributed by atoms with Gasteiger partial charge in [0.2, 0.25) is 0 Å². The first-order chi connectivity index (χ1) is 15.8. The van der Waals surface area contributed by atoms with E-state index in [-0.39, 0.29) is 21.9 Å². The standard InChI is InChI=1S/C24H25ClN2O5S/c1-27(33(29,30)23-16-19(31-2)10-12-22(23)32-3)21-11-9-18(25)15-20(21)24(28)26-14-13-17-7-5-4-6-8-17/h4-12,15-16H,13-14H2,1-3H3,(H,26,28). The number of carbonyl (C=O) groups excluding carboxylic acids is 1. The van der Waals surface area contributed by atoms with Gasteiger partial charge in [0.25, 0.3) is 15.9 Å². The third-order valence-electron chi connectivity index (χ3n) is 5.09. The van der Waals surface area contributed by atoms with E-state index in [1.807, 2.05) is 30.3 Å². The van der Waals surface area contributed by atoms with Gasteiger partial charge in [0.1, 0.15) is 16.4 Å². The fourth-order valence-electron chi connectivity index (χ4n) is 3.29. The molecule has 0 spiro atoms. The number of nitrogens with zero attached hydrogens (tertiary/aromatic N) is 1. The fourth-order valence-corrected chi connectivity index (χ4v) is 4.84. The second-order valence-electron chi connectivity index (χ2n) is 7.14. The van der Waals surface area contributed by atoms with E-state index < -0.39 is 15.9 Å². The van der Waals surface area contributed by atoms with Gasteiger partial charge in [-0.25, -0.2) is 8.42 Å². The lowest BCUT2D eigenvalue weighted by molar-refractivity contribution is 0.0955. The van der Waals surface area contributed by atoms with Gasteiger partial charge in [0.15, 0.2) is 0 Å². The Morgan fingerprint density at radius 1 is 1.00 bits per heavy atom. The summed E-state index contributed by atoms with van der Waals surface area (Å²) < 4.78 is 38.4. The monoisotopic (exact) mass is 488 g/mol. The number of hydrogen-bond acceptors (Lipinski definition) is 5. The third-order valence-corrected chi connectivity index (χ3v) is 7.12. The number of anilines is 1. The maximum Gasteiger partial charge on any atom is 0.267 e. The zero-order valence-corrected chi connectivity index (χ0v) is 20.1. The number of rotatable bonds is 9. The second-order valence-corrected chi connectivity index (χ2v) is 9.52. The van der Waals surface area contributed by atoms with Crippen LogP contribution in [0.5, 0.6) is 11.5 Å². The summed E-state index contributed by atoms with van der Waals surface area (Å²) in [5.41, 5.74) is 1.40. The molecule has 3 aromatic carbocycles. The molecule has 33 heavy (non-hydrogen) atoms. The van der Waals surface area contributed by atoms with E-state index in [2.05, 4.69) is 5.32 Å². The van der Waals surface area contributed by atoms with Gasteiger partial charge in [-0.1, -0.05) is 41.9 Å². The smallest absolute Gasteiger partial charge is 0.267 e. The average molecular weight is 489 g/mol. The number of benzene rings is 3. The normalized spacial score (nSPS) is 11.0. The molecule has 3 rings (SSSR count). The first-order valence-electron chi connectivity index (χ1n) is 10.1. The largest absolute Gasteiger partial charge is 0.497 e. The minimum atomic E-state index is -4.09. The van der Waals surface area contributed by atoms with Crippen LogP contribution < -0.4 is 19.1 Å². The molecule has 0 aromatic heterocycles. The van der Waals surface area contributed by atoms with Crippen molar-refractivity contribution in [2.24, 2.45) is 0 Å². The zero-order chi connectivity index (χ0) is 24.0. The van der Waals surface area contributed by atoms with Gasteiger partial charge < -0.3 is 14.8 Å². The number of ether oxygens (including phenoxy) is 2. The Morgan fingerprint density at radius 2 is 1.73 bits per heavy atom. The Labute approximate surface area is 198 Å². The summed E-state index contributed by atoms with van der Waals surface area (Å²) in [6.45, 7) is 0.384. The van der Waals surface area contributed by atoms with Crippen LogP contribution in [-0.4, -0.2) is 42.1 Å². The van der Waals surface area contributed by atoms with Crippen LogP contribution in [0.2, 0.25) is 5.02 Å². The number of carbonyl (C=O) groups is 1. The topological polar surface area (TPSA) is 84.9 Å². The Kier molecular flexibility index (Phi) is 7.84. The van der Waals surface area contributed by atoms with E-state index in [0.717, 1.165) is 9.87 Å². The molecule has 0 bridgehead atoms. The number of nitrogens with one attached hydrogen (secondary N) is 1. The number of methoxy groups -OCH3 is 2. The van der Waals surface area contributed by atoms with Gasteiger partial charge in [0, 0.05) is 24.7 Å². The Morgan fingerprint density at radius 3 is 2.39 bits per heavy atom. The van der Waals surface area contributed by atoms with Crippen LogP contribution in [-0.2, 0) is 16.4 Å². The van der Waals surface area contributed by atoms with Crippen LogP contribution in [0.25, 0.3) is 0 Å². The highest BCUT2D eigenvalue weighted by molar-refractivity contribution is 7.93. The van der Waals surface area contributed by atoms with Gasteiger partial charge in [-0.05, 0) is 42.3 Å². The summed E-state index contributed by atoms with van der Waals surface area (Å²) in [6, 6.07) is 18.7. The maximum atomic E-state index is 13.5. The van der Waals surface area contributed by atoms with Crippen LogP contribution in [0.3, 0.4) is 0 Å². The summed E-state index contributed by atoms with van der Waals surface area (Å²) in [6.07, 6.45) is 0.637. The van der Waals surface area contributed by atoms with Gasteiger partial charge in [-0.15, -0.1) is 0 Å². The average Bonchev–Trinajstić information content (AvgIpc) is 2.83. The fraction of sp³-hybridized carbons (Fsp3) is 0.208. The van der Waals surface area contributed by atoms with Crippen molar-refractivity contribution in [3.63, 3.8) is 0 Å². The maximum absolute atomic E-state index is 13.5. The molecule has 1 N–H and O–H groups in total. The summed E-state index contributed by atoms with van der Waals surface area (Å²) >= 11 is 6.13. The Hall–Kier alpha value is -3.23. The summed E-state index contributed by atoms with van der Waals surface area (Å²) in [7, 11) is 0.106. The molecule has 7 nitrogen and oxygen atoms in total. The lowest BCUT2D eigenvalue weighted by Gasteiger charge is -2.23. The van der Waals surface area contributed by atoms with E-state index in [1.54, 1.807) is 6.07 Å². The minimum Gasteiger partial charge on any atom is -0.497 e. The lowest BCUT2D eigenvalue weighted by Crippen LogP contribution is -2.31. The molecule has 0 radical (unpaired) electrons. The molecule has 0 aliphatic heterocycles. The van der Waals surface area contributed by atoms with Crippen molar-refractivity contribution in [3.8, 4) is 11.5 Å². The van der Waals surface area contributed by atoms with Crippen LogP contribution in [0.1, 0.15) is 15.9 Å². The van der Waals surface area contributed by atoms with Crippen LogP contribution in [0, 0.1) is 0 Å². The minimum absolute atomic E-state index is 0.0859. The number of sulfonamides is 1. The van der Waals surface area contributed by atoms with Gasteiger partial charge >= 0.3 is 0 Å². The molecule has 0 unspecified atom stereocenters. The first kappa shape index (κ1) is 24.4. The Balaban J connectivity index is 1.91. The molecule has 1 amide bonds. The highest BCUT2D eigenvalue weighted by atomic mass is 35.5. The molecule has 3 aromatic rings. The predicted molar refractivity (Wildman–Crippen MR) is 129 cm³/mol. The molecule has 9 heteroatoms. The lowest BCUT2D eigenvalue weighted by atomic mass is 10.1. The molecule has 0 saturated carbocycles. The molecule has 0 heterocycles. The zero-order valence-electron chi connectivity index (χ0n) is 18.5. The molecule has 174 valence electrons. The molecule has 0 atom stereocenters. The molecule has 0 aliphatic carbocycles. The molecule has 0 aliphatic rings. The van der Waals surface area contributed by atoms with Crippen LogP contribution in [0.4, 0.5) is 5.69 Å². The molecule has 0 fully saturated rings. The molecule has 0 saturated heterocycles. The molecular formula is C24H25ClN2O5S. The van der Waals surface area contributed by atoms with Gasteiger partial charge in [0.05, 0.1) is 25.5 Å². The van der Waals surface area contributed by atoms with Crippen molar-refractivity contribution < 1.29 is 22.7 Å². The highest BCUT2D eigenvalue weighted by Crippen LogP contribution is 2.34. The second kappa shape index (κ2) is 10.6.